The van der Waals surface area contributed by atoms with Gasteiger partial charge in [0.25, 0.3) is 6.29 Å². The Hall–Kier alpha value is -4.13. The van der Waals surface area contributed by atoms with Gasteiger partial charge < -0.3 is 18.9 Å². The summed E-state index contributed by atoms with van der Waals surface area (Å²) in [6, 6.07) is 16.2. The highest BCUT2D eigenvalue weighted by atomic mass is 16.7. The van der Waals surface area contributed by atoms with Gasteiger partial charge in [-0.3, -0.25) is 9.59 Å². The van der Waals surface area contributed by atoms with E-state index in [1.165, 1.54) is 6.26 Å². The number of ketones is 1. The first-order valence-corrected chi connectivity index (χ1v) is 9.78. The van der Waals surface area contributed by atoms with E-state index in [4.69, 9.17) is 13.9 Å². The number of rotatable bonds is 6. The maximum absolute atomic E-state index is 12.5. The lowest BCUT2D eigenvalue weighted by atomic mass is 10.1. The van der Waals surface area contributed by atoms with E-state index in [1.54, 1.807) is 30.3 Å². The summed E-state index contributed by atoms with van der Waals surface area (Å²) in [5, 5.41) is 1.03. The Bertz CT molecular complexity index is 1310. The van der Waals surface area contributed by atoms with Crippen molar-refractivity contribution in [2.24, 2.45) is 0 Å². The van der Waals surface area contributed by atoms with Crippen LogP contribution in [-0.4, -0.2) is 22.7 Å². The second kappa shape index (κ2) is 7.60. The molecule has 1 N–H and O–H groups in total. The van der Waals surface area contributed by atoms with Crippen molar-refractivity contribution in [3.63, 3.8) is 0 Å². The van der Waals surface area contributed by atoms with Crippen LogP contribution in [0.5, 0.6) is 0 Å². The fourth-order valence-electron chi connectivity index (χ4n) is 3.65. The number of esters is 2. The van der Waals surface area contributed by atoms with Crippen molar-refractivity contribution in [1.29, 1.82) is 0 Å². The second-order valence-electron chi connectivity index (χ2n) is 7.19. The van der Waals surface area contributed by atoms with Crippen LogP contribution >= 0.6 is 0 Å². The van der Waals surface area contributed by atoms with E-state index in [2.05, 4.69) is 4.98 Å². The third kappa shape index (κ3) is 3.50. The molecule has 2 aromatic carbocycles. The number of H-pyrrole nitrogens is 1. The van der Waals surface area contributed by atoms with Crippen LogP contribution in [0.3, 0.4) is 0 Å². The number of hydrogen-bond acceptors (Lipinski definition) is 6. The number of Topliss-reactive ketones (excluding diaryl/α,β-unsaturated/α-hetero) is 1. The highest BCUT2D eigenvalue weighted by molar-refractivity contribution is 5.99. The third-order valence-corrected chi connectivity index (χ3v) is 5.22. The molecule has 2 aromatic heterocycles. The van der Waals surface area contributed by atoms with Crippen molar-refractivity contribution in [3.8, 4) is 11.1 Å². The van der Waals surface area contributed by atoms with Gasteiger partial charge in [-0.25, -0.2) is 4.79 Å². The van der Waals surface area contributed by atoms with Gasteiger partial charge >= 0.3 is 11.9 Å². The topological polar surface area (TPSA) is 98.6 Å². The SMILES string of the molecule is O=C(CCC(=O)c1cc(-c2c[nH]c3ccccc23)co1)OC1OC(=O)c2ccccc21. The minimum atomic E-state index is -1.08. The molecule has 1 unspecified atom stereocenters. The van der Waals surface area contributed by atoms with E-state index < -0.39 is 18.2 Å². The highest BCUT2D eigenvalue weighted by Gasteiger charge is 2.33. The molecule has 0 amide bonds. The Balaban J connectivity index is 1.22. The molecule has 5 rings (SSSR count). The summed E-state index contributed by atoms with van der Waals surface area (Å²) in [5.41, 5.74) is 3.57. The summed E-state index contributed by atoms with van der Waals surface area (Å²) >= 11 is 0. The zero-order valence-electron chi connectivity index (χ0n) is 16.3. The summed E-state index contributed by atoms with van der Waals surface area (Å²) in [4.78, 5) is 39.7. The molecule has 154 valence electrons. The predicted octanol–water partition coefficient (Wildman–Crippen LogP) is 4.80. The van der Waals surface area contributed by atoms with E-state index in [0.29, 0.717) is 11.1 Å². The fourth-order valence-corrected chi connectivity index (χ4v) is 3.65. The molecule has 0 bridgehead atoms. The maximum atomic E-state index is 12.5. The number of aromatic nitrogens is 1. The Morgan fingerprint density at radius 2 is 1.81 bits per heavy atom. The normalized spacial score (nSPS) is 15.0. The van der Waals surface area contributed by atoms with Crippen LogP contribution in [0.2, 0.25) is 0 Å². The van der Waals surface area contributed by atoms with Crippen LogP contribution in [0.15, 0.2) is 71.5 Å². The first-order valence-electron chi connectivity index (χ1n) is 9.78. The number of nitrogens with one attached hydrogen (secondary N) is 1. The molecule has 0 fully saturated rings. The largest absolute Gasteiger partial charge is 0.461 e. The van der Waals surface area contributed by atoms with E-state index >= 15 is 0 Å². The number of cyclic esters (lactones) is 1. The lowest BCUT2D eigenvalue weighted by Gasteiger charge is -2.11. The smallest absolute Gasteiger partial charge is 0.342 e. The van der Waals surface area contributed by atoms with Gasteiger partial charge in [0.2, 0.25) is 0 Å². The number of fused-ring (bicyclic) bond motifs is 2. The summed E-state index contributed by atoms with van der Waals surface area (Å²) < 4.78 is 15.8. The average molecular weight is 415 g/mol. The molecule has 0 saturated heterocycles. The van der Waals surface area contributed by atoms with E-state index in [1.807, 2.05) is 30.5 Å². The molecule has 0 spiro atoms. The molecule has 7 heteroatoms. The number of aromatic amines is 1. The number of ether oxygens (including phenoxy) is 2. The van der Waals surface area contributed by atoms with Gasteiger partial charge in [0.1, 0.15) is 0 Å². The number of benzene rings is 2. The molecule has 31 heavy (non-hydrogen) atoms. The van der Waals surface area contributed by atoms with Gasteiger partial charge in [-0.05, 0) is 18.2 Å². The van der Waals surface area contributed by atoms with Gasteiger partial charge in [-0.15, -0.1) is 0 Å². The molecule has 1 atom stereocenters. The van der Waals surface area contributed by atoms with Crippen LogP contribution in [0, 0.1) is 0 Å². The summed E-state index contributed by atoms with van der Waals surface area (Å²) in [6.45, 7) is 0. The number of carbonyl (C=O) groups excluding carboxylic acids is 3. The molecule has 0 radical (unpaired) electrons. The van der Waals surface area contributed by atoms with Gasteiger partial charge in [-0.1, -0.05) is 36.4 Å². The zero-order chi connectivity index (χ0) is 21.4. The lowest BCUT2D eigenvalue weighted by Crippen LogP contribution is -2.12. The summed E-state index contributed by atoms with van der Waals surface area (Å²) in [7, 11) is 0. The number of para-hydroxylation sites is 1. The van der Waals surface area contributed by atoms with Crippen molar-refractivity contribution >= 4 is 28.6 Å². The Morgan fingerprint density at radius 1 is 1.00 bits per heavy atom. The zero-order valence-corrected chi connectivity index (χ0v) is 16.3. The Kier molecular flexibility index (Phi) is 4.63. The van der Waals surface area contributed by atoms with Gasteiger partial charge in [0, 0.05) is 40.2 Å². The Labute approximate surface area is 176 Å². The third-order valence-electron chi connectivity index (χ3n) is 5.22. The molecule has 0 saturated carbocycles. The molecule has 1 aliphatic heterocycles. The molecule has 3 heterocycles. The van der Waals surface area contributed by atoms with E-state index in [0.717, 1.165) is 22.0 Å². The van der Waals surface area contributed by atoms with E-state index in [-0.39, 0.29) is 24.4 Å². The van der Waals surface area contributed by atoms with Crippen molar-refractivity contribution in [2.45, 2.75) is 19.1 Å². The monoisotopic (exact) mass is 415 g/mol. The van der Waals surface area contributed by atoms with Gasteiger partial charge in [0.05, 0.1) is 18.2 Å². The van der Waals surface area contributed by atoms with Crippen molar-refractivity contribution in [3.05, 3.63) is 83.9 Å². The van der Waals surface area contributed by atoms with Crippen molar-refractivity contribution in [2.75, 3.05) is 0 Å². The van der Waals surface area contributed by atoms with E-state index in [9.17, 15) is 14.4 Å². The standard InChI is InChI=1S/C24H17NO6/c26-20(9-10-22(27)30-24-17-7-2-1-6-16(17)23(28)31-24)21-11-14(13-29-21)18-12-25-19-8-4-3-5-15(18)19/h1-8,11-13,24-25H,9-10H2. The molecule has 1 aliphatic rings. The number of furan rings is 1. The first-order chi connectivity index (χ1) is 15.1. The predicted molar refractivity (Wildman–Crippen MR) is 110 cm³/mol. The molecule has 0 aliphatic carbocycles. The highest BCUT2D eigenvalue weighted by Crippen LogP contribution is 2.32. The summed E-state index contributed by atoms with van der Waals surface area (Å²) in [5.74, 6) is -1.31. The van der Waals surface area contributed by atoms with Crippen molar-refractivity contribution in [1.82, 2.24) is 4.98 Å². The van der Waals surface area contributed by atoms with Crippen LogP contribution in [-0.2, 0) is 14.3 Å². The van der Waals surface area contributed by atoms with Crippen LogP contribution in [0.4, 0.5) is 0 Å². The quantitative estimate of drug-likeness (QED) is 0.359. The van der Waals surface area contributed by atoms with Crippen LogP contribution in [0.1, 0.15) is 45.6 Å². The molecular formula is C24H17NO6. The Morgan fingerprint density at radius 3 is 2.71 bits per heavy atom. The van der Waals surface area contributed by atoms with Gasteiger partial charge in [0.15, 0.2) is 11.5 Å². The van der Waals surface area contributed by atoms with Crippen LogP contribution < -0.4 is 0 Å². The number of carbonyl (C=O) groups is 3. The lowest BCUT2D eigenvalue weighted by molar-refractivity contribution is -0.167. The minimum Gasteiger partial charge on any atom is -0.461 e. The second-order valence-corrected chi connectivity index (χ2v) is 7.19. The minimum absolute atomic E-state index is 0.0814. The van der Waals surface area contributed by atoms with Crippen molar-refractivity contribution < 1.29 is 28.3 Å². The van der Waals surface area contributed by atoms with Crippen LogP contribution in [0.25, 0.3) is 22.0 Å². The average Bonchev–Trinajstić information content (AvgIpc) is 3.50. The molecular weight excluding hydrogens is 398 g/mol. The first kappa shape index (κ1) is 18.9. The fraction of sp³-hybridized carbons (Fsp3) is 0.125. The molecule has 7 nitrogen and oxygen atoms in total. The maximum Gasteiger partial charge on any atom is 0.342 e. The van der Waals surface area contributed by atoms with Gasteiger partial charge in [-0.2, -0.15) is 0 Å². The summed E-state index contributed by atoms with van der Waals surface area (Å²) in [6.07, 6.45) is 2.07. The number of hydrogen-bond donors (Lipinski definition) is 1. The molecule has 4 aromatic rings.